The van der Waals surface area contributed by atoms with Crippen molar-refractivity contribution < 1.29 is 14.3 Å². The molecule has 20 heavy (non-hydrogen) atoms. The molecule has 2 rings (SSSR count). The highest BCUT2D eigenvalue weighted by Gasteiger charge is 2.11. The number of hydrogen-bond donors (Lipinski definition) is 1. The summed E-state index contributed by atoms with van der Waals surface area (Å²) in [7, 11) is 1.61. The van der Waals surface area contributed by atoms with E-state index in [-0.39, 0.29) is 5.97 Å². The third-order valence-electron chi connectivity index (χ3n) is 2.95. The fourth-order valence-electron chi connectivity index (χ4n) is 1.94. The standard InChI is InChI=1S/C16H17NO3/c1-3-20-16(18)12-7-8-15(17)14(10-12)11-5-4-6-13(9-11)19-2/h4-10H,3,17H2,1-2H3. The second kappa shape index (κ2) is 6.10. The number of carbonyl (C=O) groups excluding carboxylic acids is 1. The molecular formula is C16H17NO3. The highest BCUT2D eigenvalue weighted by Crippen LogP contribution is 2.29. The Morgan fingerprint density at radius 3 is 2.70 bits per heavy atom. The lowest BCUT2D eigenvalue weighted by Crippen LogP contribution is -2.05. The number of carbonyl (C=O) groups is 1. The largest absolute Gasteiger partial charge is 0.497 e. The van der Waals surface area contributed by atoms with Crippen molar-refractivity contribution in [3.8, 4) is 16.9 Å². The molecular weight excluding hydrogens is 254 g/mol. The molecule has 0 aromatic heterocycles. The Morgan fingerprint density at radius 1 is 1.20 bits per heavy atom. The maximum absolute atomic E-state index is 11.8. The van der Waals surface area contributed by atoms with Gasteiger partial charge in [-0.1, -0.05) is 12.1 Å². The van der Waals surface area contributed by atoms with Gasteiger partial charge in [0, 0.05) is 11.3 Å². The van der Waals surface area contributed by atoms with Crippen molar-refractivity contribution in [2.75, 3.05) is 19.5 Å². The molecule has 0 amide bonds. The summed E-state index contributed by atoms with van der Waals surface area (Å²) in [5.74, 6) is 0.389. The third kappa shape index (κ3) is 2.91. The van der Waals surface area contributed by atoms with E-state index in [4.69, 9.17) is 15.2 Å². The predicted molar refractivity (Wildman–Crippen MR) is 78.8 cm³/mol. The van der Waals surface area contributed by atoms with Crippen LogP contribution in [0.5, 0.6) is 5.75 Å². The summed E-state index contributed by atoms with van der Waals surface area (Å²) >= 11 is 0. The van der Waals surface area contributed by atoms with Crippen molar-refractivity contribution in [2.45, 2.75) is 6.92 Å². The zero-order chi connectivity index (χ0) is 14.5. The Labute approximate surface area is 118 Å². The SMILES string of the molecule is CCOC(=O)c1ccc(N)c(-c2cccc(OC)c2)c1. The first kappa shape index (κ1) is 13.9. The normalized spacial score (nSPS) is 10.1. The quantitative estimate of drug-likeness (QED) is 0.685. The second-order valence-electron chi connectivity index (χ2n) is 4.25. The summed E-state index contributed by atoms with van der Waals surface area (Å²) in [4.78, 5) is 11.8. The molecule has 0 unspecified atom stereocenters. The highest BCUT2D eigenvalue weighted by atomic mass is 16.5. The Morgan fingerprint density at radius 2 is 2.00 bits per heavy atom. The molecule has 0 aliphatic carbocycles. The molecule has 0 fully saturated rings. The monoisotopic (exact) mass is 271 g/mol. The van der Waals surface area contributed by atoms with E-state index in [1.165, 1.54) is 0 Å². The summed E-state index contributed by atoms with van der Waals surface area (Å²) in [6.45, 7) is 2.12. The first-order valence-electron chi connectivity index (χ1n) is 6.36. The Balaban J connectivity index is 2.44. The zero-order valence-corrected chi connectivity index (χ0v) is 11.6. The second-order valence-corrected chi connectivity index (χ2v) is 4.25. The molecule has 0 heterocycles. The van der Waals surface area contributed by atoms with Gasteiger partial charge >= 0.3 is 5.97 Å². The number of esters is 1. The predicted octanol–water partition coefficient (Wildman–Crippen LogP) is 3.12. The number of methoxy groups -OCH3 is 1. The molecule has 2 aromatic rings. The zero-order valence-electron chi connectivity index (χ0n) is 11.6. The van der Waals surface area contributed by atoms with Gasteiger partial charge in [0.15, 0.2) is 0 Å². The minimum Gasteiger partial charge on any atom is -0.497 e. The summed E-state index contributed by atoms with van der Waals surface area (Å²) < 4.78 is 10.2. The Kier molecular flexibility index (Phi) is 4.25. The van der Waals surface area contributed by atoms with Gasteiger partial charge in [0.1, 0.15) is 5.75 Å². The first-order chi connectivity index (χ1) is 9.65. The molecule has 0 saturated carbocycles. The van der Waals surface area contributed by atoms with Gasteiger partial charge in [-0.15, -0.1) is 0 Å². The fraction of sp³-hybridized carbons (Fsp3) is 0.188. The minimum atomic E-state index is -0.350. The van der Waals surface area contributed by atoms with E-state index in [1.54, 1.807) is 32.2 Å². The molecule has 0 aliphatic rings. The summed E-state index contributed by atoms with van der Waals surface area (Å²) in [6, 6.07) is 12.6. The van der Waals surface area contributed by atoms with Gasteiger partial charge in [-0.3, -0.25) is 0 Å². The number of rotatable bonds is 4. The van der Waals surface area contributed by atoms with Crippen LogP contribution in [0.1, 0.15) is 17.3 Å². The van der Waals surface area contributed by atoms with Gasteiger partial charge in [0.05, 0.1) is 19.3 Å². The van der Waals surface area contributed by atoms with Crippen LogP contribution in [0.25, 0.3) is 11.1 Å². The summed E-state index contributed by atoms with van der Waals surface area (Å²) in [6.07, 6.45) is 0. The van der Waals surface area contributed by atoms with Gasteiger partial charge in [0.2, 0.25) is 0 Å². The lowest BCUT2D eigenvalue weighted by atomic mass is 10.0. The number of nitrogens with two attached hydrogens (primary N) is 1. The molecule has 2 aromatic carbocycles. The van der Waals surface area contributed by atoms with Crippen LogP contribution in [-0.2, 0) is 4.74 Å². The smallest absolute Gasteiger partial charge is 0.338 e. The molecule has 4 heteroatoms. The number of ether oxygens (including phenoxy) is 2. The Hall–Kier alpha value is -2.49. The van der Waals surface area contributed by atoms with E-state index in [1.807, 2.05) is 24.3 Å². The van der Waals surface area contributed by atoms with Gasteiger partial charge in [0.25, 0.3) is 0 Å². The molecule has 0 spiro atoms. The molecule has 0 bridgehead atoms. The van der Waals surface area contributed by atoms with E-state index >= 15 is 0 Å². The maximum atomic E-state index is 11.8. The average Bonchev–Trinajstić information content (AvgIpc) is 2.48. The summed E-state index contributed by atoms with van der Waals surface area (Å²) in [5.41, 5.74) is 8.77. The van der Waals surface area contributed by atoms with Crippen LogP contribution in [0.3, 0.4) is 0 Å². The maximum Gasteiger partial charge on any atom is 0.338 e. The van der Waals surface area contributed by atoms with Crippen molar-refractivity contribution in [1.82, 2.24) is 0 Å². The van der Waals surface area contributed by atoms with E-state index in [0.717, 1.165) is 16.9 Å². The molecule has 2 N–H and O–H groups in total. The van der Waals surface area contributed by atoms with E-state index in [9.17, 15) is 4.79 Å². The molecule has 0 radical (unpaired) electrons. The van der Waals surface area contributed by atoms with Crippen LogP contribution in [0.2, 0.25) is 0 Å². The molecule has 104 valence electrons. The molecule has 0 aliphatic heterocycles. The van der Waals surface area contributed by atoms with Gasteiger partial charge in [-0.2, -0.15) is 0 Å². The Bertz CT molecular complexity index is 623. The van der Waals surface area contributed by atoms with Crippen molar-refractivity contribution in [3.05, 3.63) is 48.0 Å². The van der Waals surface area contributed by atoms with Crippen LogP contribution >= 0.6 is 0 Å². The van der Waals surface area contributed by atoms with Gasteiger partial charge < -0.3 is 15.2 Å². The molecule has 0 saturated heterocycles. The van der Waals surface area contributed by atoms with E-state index in [2.05, 4.69) is 0 Å². The number of hydrogen-bond acceptors (Lipinski definition) is 4. The van der Waals surface area contributed by atoms with E-state index < -0.39 is 0 Å². The fourth-order valence-corrected chi connectivity index (χ4v) is 1.94. The lowest BCUT2D eigenvalue weighted by molar-refractivity contribution is 0.0526. The first-order valence-corrected chi connectivity index (χ1v) is 6.36. The number of anilines is 1. The summed E-state index contributed by atoms with van der Waals surface area (Å²) in [5, 5.41) is 0. The third-order valence-corrected chi connectivity index (χ3v) is 2.95. The van der Waals surface area contributed by atoms with Crippen LogP contribution < -0.4 is 10.5 Å². The highest BCUT2D eigenvalue weighted by molar-refractivity contribution is 5.93. The van der Waals surface area contributed by atoms with Crippen molar-refractivity contribution in [3.63, 3.8) is 0 Å². The minimum absolute atomic E-state index is 0.345. The van der Waals surface area contributed by atoms with Crippen LogP contribution in [0.4, 0.5) is 5.69 Å². The number of nitrogen functional groups attached to an aromatic ring is 1. The average molecular weight is 271 g/mol. The lowest BCUT2D eigenvalue weighted by Gasteiger charge is -2.10. The molecule has 0 atom stereocenters. The van der Waals surface area contributed by atoms with E-state index in [0.29, 0.717) is 17.9 Å². The van der Waals surface area contributed by atoms with Crippen LogP contribution in [0.15, 0.2) is 42.5 Å². The number of benzene rings is 2. The van der Waals surface area contributed by atoms with Gasteiger partial charge in [-0.05, 0) is 42.8 Å². The van der Waals surface area contributed by atoms with Crippen molar-refractivity contribution >= 4 is 11.7 Å². The van der Waals surface area contributed by atoms with Gasteiger partial charge in [-0.25, -0.2) is 4.79 Å². The van der Waals surface area contributed by atoms with Crippen molar-refractivity contribution in [2.24, 2.45) is 0 Å². The molecule has 4 nitrogen and oxygen atoms in total. The van der Waals surface area contributed by atoms with Crippen LogP contribution in [-0.4, -0.2) is 19.7 Å². The van der Waals surface area contributed by atoms with Crippen LogP contribution in [0, 0.1) is 0 Å². The van der Waals surface area contributed by atoms with Crippen molar-refractivity contribution in [1.29, 1.82) is 0 Å². The topological polar surface area (TPSA) is 61.5 Å².